The van der Waals surface area contributed by atoms with Gasteiger partial charge in [-0.1, -0.05) is 48.5 Å². The summed E-state index contributed by atoms with van der Waals surface area (Å²) < 4.78 is 0. The molecule has 0 aliphatic carbocycles. The van der Waals surface area contributed by atoms with Crippen LogP contribution in [0.15, 0.2) is 77.2 Å². The Morgan fingerprint density at radius 3 is 2.76 bits per heavy atom. The molecule has 0 radical (unpaired) electrons. The number of hydrogen-bond acceptors (Lipinski definition) is 7. The lowest BCUT2D eigenvalue weighted by atomic mass is 10.1. The van der Waals surface area contributed by atoms with Gasteiger partial charge >= 0.3 is 0 Å². The van der Waals surface area contributed by atoms with E-state index in [1.165, 1.54) is 23.5 Å². The van der Waals surface area contributed by atoms with E-state index in [-0.39, 0.29) is 11.4 Å². The van der Waals surface area contributed by atoms with Crippen LogP contribution in [0.5, 0.6) is 0 Å². The number of nitro groups is 1. The number of thiazole rings is 1. The molecule has 0 spiro atoms. The maximum Gasteiger partial charge on any atom is 0.270 e. The minimum Gasteiger partial charge on any atom is -0.276 e. The van der Waals surface area contributed by atoms with Crippen molar-refractivity contribution in [1.82, 2.24) is 4.98 Å². The SMILES string of the molecule is N#C/C(=N\Nc1cccc2ccccc12)c1nc(-c2cccc([N+](=O)[O-])c2)cs1. The van der Waals surface area contributed by atoms with Crippen molar-refractivity contribution in [2.24, 2.45) is 5.10 Å². The van der Waals surface area contributed by atoms with Gasteiger partial charge in [0, 0.05) is 28.5 Å². The molecule has 140 valence electrons. The summed E-state index contributed by atoms with van der Waals surface area (Å²) >= 11 is 1.26. The number of aromatic nitrogens is 1. The van der Waals surface area contributed by atoms with Crippen molar-refractivity contribution >= 4 is 39.2 Å². The Labute approximate surface area is 169 Å². The van der Waals surface area contributed by atoms with E-state index < -0.39 is 4.92 Å². The van der Waals surface area contributed by atoms with Gasteiger partial charge in [-0.3, -0.25) is 15.5 Å². The monoisotopic (exact) mass is 399 g/mol. The predicted octanol–water partition coefficient (Wildman–Crippen LogP) is 5.21. The summed E-state index contributed by atoms with van der Waals surface area (Å²) in [6.45, 7) is 0. The van der Waals surface area contributed by atoms with Crippen LogP contribution in [-0.2, 0) is 0 Å². The summed E-state index contributed by atoms with van der Waals surface area (Å²) in [5.41, 5.74) is 5.03. The predicted molar refractivity (Wildman–Crippen MR) is 114 cm³/mol. The zero-order chi connectivity index (χ0) is 20.2. The third-order valence-corrected chi connectivity index (χ3v) is 5.09. The average Bonchev–Trinajstić information content (AvgIpc) is 3.24. The van der Waals surface area contributed by atoms with Gasteiger partial charge in [0.1, 0.15) is 6.07 Å². The van der Waals surface area contributed by atoms with Crippen LogP contribution in [0.1, 0.15) is 5.01 Å². The third kappa shape index (κ3) is 3.81. The lowest BCUT2D eigenvalue weighted by Gasteiger charge is -2.05. The molecule has 4 rings (SSSR count). The Morgan fingerprint density at radius 2 is 1.93 bits per heavy atom. The highest BCUT2D eigenvalue weighted by atomic mass is 32.1. The number of benzene rings is 3. The summed E-state index contributed by atoms with van der Waals surface area (Å²) in [5.74, 6) is 0. The van der Waals surface area contributed by atoms with Gasteiger partial charge in [0.2, 0.25) is 0 Å². The normalized spacial score (nSPS) is 11.2. The Balaban J connectivity index is 1.63. The molecule has 0 saturated carbocycles. The van der Waals surface area contributed by atoms with Crippen LogP contribution in [0.2, 0.25) is 0 Å². The molecule has 1 aromatic heterocycles. The van der Waals surface area contributed by atoms with E-state index in [0.29, 0.717) is 16.3 Å². The van der Waals surface area contributed by atoms with Crippen LogP contribution in [-0.4, -0.2) is 15.6 Å². The molecule has 29 heavy (non-hydrogen) atoms. The fraction of sp³-hybridized carbons (Fsp3) is 0. The van der Waals surface area contributed by atoms with Gasteiger partial charge in [0.05, 0.1) is 16.3 Å². The van der Waals surface area contributed by atoms with E-state index in [0.717, 1.165) is 16.5 Å². The summed E-state index contributed by atoms with van der Waals surface area (Å²) in [4.78, 5) is 15.0. The number of nitrogens with one attached hydrogen (secondary N) is 1. The summed E-state index contributed by atoms with van der Waals surface area (Å²) in [6, 6.07) is 22.0. The van der Waals surface area contributed by atoms with Crippen molar-refractivity contribution < 1.29 is 4.92 Å². The van der Waals surface area contributed by atoms with Gasteiger partial charge in [-0.25, -0.2) is 4.98 Å². The smallest absolute Gasteiger partial charge is 0.270 e. The van der Waals surface area contributed by atoms with E-state index >= 15 is 0 Å². The molecule has 0 aliphatic heterocycles. The molecule has 0 unspecified atom stereocenters. The maximum atomic E-state index is 11.0. The highest BCUT2D eigenvalue weighted by Crippen LogP contribution is 2.26. The Kier molecular flexibility index (Phi) is 4.97. The van der Waals surface area contributed by atoms with E-state index in [9.17, 15) is 15.4 Å². The minimum absolute atomic E-state index is 0.0103. The number of rotatable bonds is 5. The molecule has 7 nitrogen and oxygen atoms in total. The van der Waals surface area contributed by atoms with Gasteiger partial charge in [-0.05, 0) is 11.5 Å². The second-order valence-electron chi connectivity index (χ2n) is 6.06. The number of nitrogens with zero attached hydrogens (tertiary/aromatic N) is 4. The number of hydrogen-bond donors (Lipinski definition) is 1. The second-order valence-corrected chi connectivity index (χ2v) is 6.91. The van der Waals surface area contributed by atoms with Crippen LogP contribution in [0.3, 0.4) is 0 Å². The molecule has 0 fully saturated rings. The van der Waals surface area contributed by atoms with E-state index in [4.69, 9.17) is 0 Å². The van der Waals surface area contributed by atoms with E-state index in [1.54, 1.807) is 17.5 Å². The number of hydrazone groups is 1. The number of fused-ring (bicyclic) bond motifs is 1. The van der Waals surface area contributed by atoms with Gasteiger partial charge in [-0.15, -0.1) is 11.3 Å². The summed E-state index contributed by atoms with van der Waals surface area (Å²) in [6.07, 6.45) is 0. The quantitative estimate of drug-likeness (QED) is 0.282. The molecule has 3 aromatic carbocycles. The maximum absolute atomic E-state index is 11.0. The highest BCUT2D eigenvalue weighted by Gasteiger charge is 2.13. The molecule has 8 heteroatoms. The van der Waals surface area contributed by atoms with Crippen molar-refractivity contribution in [2.75, 3.05) is 5.43 Å². The molecular weight excluding hydrogens is 386 g/mol. The van der Waals surface area contributed by atoms with E-state index in [1.807, 2.05) is 42.5 Å². The molecular formula is C21H13N5O2S. The van der Waals surface area contributed by atoms with Gasteiger partial charge in [-0.2, -0.15) is 10.4 Å². The molecule has 1 N–H and O–H groups in total. The van der Waals surface area contributed by atoms with Crippen LogP contribution < -0.4 is 5.43 Å². The fourth-order valence-corrected chi connectivity index (χ4v) is 3.62. The van der Waals surface area contributed by atoms with Crippen molar-refractivity contribution in [3.8, 4) is 17.3 Å². The zero-order valence-electron chi connectivity index (χ0n) is 14.9. The second kappa shape index (κ2) is 7.88. The summed E-state index contributed by atoms with van der Waals surface area (Å²) in [7, 11) is 0. The molecule has 0 amide bonds. The standard InChI is InChI=1S/C21H13N5O2S/c22-12-19(25-24-18-10-4-6-14-5-1-2-9-17(14)18)21-23-20(13-29-21)15-7-3-8-16(11-15)26(27)28/h1-11,13,24H/b25-19+. The third-order valence-electron chi connectivity index (χ3n) is 4.24. The molecule has 4 aromatic rings. The van der Waals surface area contributed by atoms with E-state index in [2.05, 4.69) is 21.6 Å². The van der Waals surface area contributed by atoms with Crippen molar-refractivity contribution in [2.45, 2.75) is 0 Å². The Bertz CT molecular complexity index is 1280. The first-order valence-corrected chi connectivity index (χ1v) is 9.46. The molecule has 0 aliphatic rings. The van der Waals surface area contributed by atoms with Crippen LogP contribution in [0.25, 0.3) is 22.0 Å². The van der Waals surface area contributed by atoms with Crippen LogP contribution in [0, 0.1) is 21.4 Å². The van der Waals surface area contributed by atoms with Crippen molar-refractivity contribution in [1.29, 1.82) is 5.26 Å². The number of nitriles is 1. The minimum atomic E-state index is -0.451. The average molecular weight is 399 g/mol. The first-order valence-electron chi connectivity index (χ1n) is 8.58. The topological polar surface area (TPSA) is 104 Å². The number of non-ortho nitro benzene ring substituents is 1. The van der Waals surface area contributed by atoms with Crippen molar-refractivity contribution in [3.05, 3.63) is 87.2 Å². The van der Waals surface area contributed by atoms with Gasteiger partial charge in [0.25, 0.3) is 5.69 Å². The number of anilines is 1. The van der Waals surface area contributed by atoms with Crippen LogP contribution in [0.4, 0.5) is 11.4 Å². The molecule has 1 heterocycles. The Morgan fingerprint density at radius 1 is 1.14 bits per heavy atom. The van der Waals surface area contributed by atoms with Gasteiger partial charge < -0.3 is 0 Å². The largest absolute Gasteiger partial charge is 0.276 e. The van der Waals surface area contributed by atoms with Crippen molar-refractivity contribution in [3.63, 3.8) is 0 Å². The molecule has 0 bridgehead atoms. The lowest BCUT2D eigenvalue weighted by Crippen LogP contribution is -2.01. The highest BCUT2D eigenvalue weighted by molar-refractivity contribution is 7.12. The molecule has 0 saturated heterocycles. The van der Waals surface area contributed by atoms with Gasteiger partial charge in [0.15, 0.2) is 10.7 Å². The number of nitro benzene ring substituents is 1. The first-order chi connectivity index (χ1) is 14.2. The Hall–Kier alpha value is -4.09. The lowest BCUT2D eigenvalue weighted by molar-refractivity contribution is -0.384. The molecule has 0 atom stereocenters. The fourth-order valence-electron chi connectivity index (χ4n) is 2.85. The van der Waals surface area contributed by atoms with Crippen LogP contribution >= 0.6 is 11.3 Å². The first kappa shape index (κ1) is 18.3. The zero-order valence-corrected chi connectivity index (χ0v) is 15.8. The summed E-state index contributed by atoms with van der Waals surface area (Å²) in [5, 5.41) is 29.0.